The lowest BCUT2D eigenvalue weighted by Gasteiger charge is -2.46. The number of alkyl halides is 2. The molecular weight excluding hydrogens is 486 g/mol. The van der Waals surface area contributed by atoms with Crippen molar-refractivity contribution in [2.24, 2.45) is 46.3 Å². The molecular formula is C14H10I2O4. The van der Waals surface area contributed by atoms with E-state index in [1.54, 1.807) is 0 Å². The van der Waals surface area contributed by atoms with Crippen LogP contribution < -0.4 is 0 Å². The average molecular weight is 496 g/mol. The Morgan fingerprint density at radius 3 is 1.55 bits per heavy atom. The molecule has 8 fully saturated rings. The van der Waals surface area contributed by atoms with Crippen LogP contribution in [0.2, 0.25) is 0 Å². The Morgan fingerprint density at radius 1 is 0.750 bits per heavy atom. The van der Waals surface area contributed by atoms with Crippen LogP contribution in [-0.4, -0.2) is 32.0 Å². The molecule has 8 rings (SSSR count). The molecule has 12 unspecified atom stereocenters. The molecule has 6 aliphatic carbocycles. The third-order valence-electron chi connectivity index (χ3n) is 8.07. The van der Waals surface area contributed by atoms with Crippen LogP contribution >= 0.6 is 45.2 Å². The fourth-order valence-electron chi connectivity index (χ4n) is 8.46. The summed E-state index contributed by atoms with van der Waals surface area (Å²) in [5.41, 5.74) is -0.972. The van der Waals surface area contributed by atoms with E-state index in [2.05, 4.69) is 45.2 Å². The molecule has 104 valence electrons. The van der Waals surface area contributed by atoms with Gasteiger partial charge < -0.3 is 9.47 Å². The number of esters is 2. The predicted octanol–water partition coefficient (Wildman–Crippen LogP) is 1.18. The summed E-state index contributed by atoms with van der Waals surface area (Å²) >= 11 is 4.88. The van der Waals surface area contributed by atoms with Crippen LogP contribution in [0.15, 0.2) is 0 Å². The monoisotopic (exact) mass is 496 g/mol. The Morgan fingerprint density at radius 2 is 1.15 bits per heavy atom. The lowest BCUT2D eigenvalue weighted by molar-refractivity contribution is -0.165. The number of rotatable bonds is 0. The van der Waals surface area contributed by atoms with Crippen molar-refractivity contribution in [2.75, 3.05) is 0 Å². The fourth-order valence-corrected chi connectivity index (χ4v) is 11.7. The van der Waals surface area contributed by atoms with Crippen LogP contribution in [-0.2, 0) is 19.1 Å². The van der Waals surface area contributed by atoms with Gasteiger partial charge in [-0.2, -0.15) is 0 Å². The Balaban J connectivity index is 1.68. The molecule has 0 N–H and O–H groups in total. The maximum Gasteiger partial charge on any atom is 0.314 e. The maximum atomic E-state index is 12.9. The van der Waals surface area contributed by atoms with Crippen molar-refractivity contribution in [3.8, 4) is 0 Å². The topological polar surface area (TPSA) is 52.6 Å². The highest BCUT2D eigenvalue weighted by Crippen LogP contribution is 2.97. The van der Waals surface area contributed by atoms with Gasteiger partial charge in [0.25, 0.3) is 0 Å². The van der Waals surface area contributed by atoms with Crippen LogP contribution in [0.3, 0.4) is 0 Å². The first kappa shape index (κ1) is 11.0. The summed E-state index contributed by atoms with van der Waals surface area (Å²) in [6, 6.07) is 0. The van der Waals surface area contributed by atoms with Crippen molar-refractivity contribution in [3.63, 3.8) is 0 Å². The first-order valence-corrected chi connectivity index (χ1v) is 9.79. The van der Waals surface area contributed by atoms with E-state index in [-0.39, 0.29) is 24.1 Å². The Labute approximate surface area is 142 Å². The van der Waals surface area contributed by atoms with Crippen molar-refractivity contribution in [3.05, 3.63) is 0 Å². The molecule has 8 bridgehead atoms. The number of carbonyl (C=O) groups excluding carboxylic acids is 2. The van der Waals surface area contributed by atoms with E-state index >= 15 is 0 Å². The zero-order valence-corrected chi connectivity index (χ0v) is 14.5. The molecule has 20 heavy (non-hydrogen) atoms. The van der Waals surface area contributed by atoms with Gasteiger partial charge in [0, 0.05) is 11.8 Å². The van der Waals surface area contributed by atoms with Crippen LogP contribution in [0, 0.1) is 46.3 Å². The SMILES string of the molecule is O=C1OC2C(I)C3C4C5C6C(I)C7OC(=O)C3(C75)C16C24. The first-order valence-electron chi connectivity index (χ1n) is 7.30. The standard InChI is InChI=1S/C14H10I2O4/c15-7-3-1-2-4-8(16)10-6(2)13(3,11(17)20-10)14(4)5(1)9(7)19-12(14)18/h1-10H. The minimum atomic E-state index is -0.486. The largest absolute Gasteiger partial charge is 0.460 e. The van der Waals surface area contributed by atoms with Gasteiger partial charge in [0.2, 0.25) is 0 Å². The summed E-state index contributed by atoms with van der Waals surface area (Å²) in [7, 11) is 0. The highest BCUT2D eigenvalue weighted by atomic mass is 127. The van der Waals surface area contributed by atoms with Gasteiger partial charge in [-0.1, -0.05) is 45.2 Å². The third kappa shape index (κ3) is 0.587. The molecule has 2 aliphatic heterocycles. The van der Waals surface area contributed by atoms with E-state index in [1.807, 2.05) is 0 Å². The summed E-state index contributed by atoms with van der Waals surface area (Å²) in [6.07, 6.45) is 0.149. The minimum Gasteiger partial charge on any atom is -0.460 e. The second-order valence-corrected chi connectivity index (χ2v) is 10.5. The van der Waals surface area contributed by atoms with E-state index in [0.29, 0.717) is 43.4 Å². The van der Waals surface area contributed by atoms with Crippen molar-refractivity contribution < 1.29 is 19.1 Å². The van der Waals surface area contributed by atoms with Crippen molar-refractivity contribution in [2.45, 2.75) is 20.1 Å². The van der Waals surface area contributed by atoms with E-state index in [1.165, 1.54) is 0 Å². The highest BCUT2D eigenvalue weighted by molar-refractivity contribution is 14.1. The molecule has 4 nitrogen and oxygen atoms in total. The van der Waals surface area contributed by atoms with Crippen LogP contribution in [0.25, 0.3) is 0 Å². The molecule has 0 radical (unpaired) electrons. The fraction of sp³-hybridized carbons (Fsp3) is 0.857. The summed E-state index contributed by atoms with van der Waals surface area (Å²) in [6.45, 7) is 0. The third-order valence-corrected chi connectivity index (χ3v) is 11.0. The second-order valence-electron chi connectivity index (χ2n) is 7.62. The number of hydrogen-bond acceptors (Lipinski definition) is 4. The van der Waals surface area contributed by atoms with Gasteiger partial charge in [-0.3, -0.25) is 9.59 Å². The zero-order valence-electron chi connectivity index (χ0n) is 10.2. The smallest absolute Gasteiger partial charge is 0.314 e. The molecule has 2 spiro atoms. The van der Waals surface area contributed by atoms with Gasteiger partial charge in [0.15, 0.2) is 0 Å². The Hall–Kier alpha value is 0.400. The van der Waals surface area contributed by atoms with Crippen LogP contribution in [0.1, 0.15) is 0 Å². The second kappa shape index (κ2) is 2.59. The zero-order chi connectivity index (χ0) is 13.3. The lowest BCUT2D eigenvalue weighted by Crippen LogP contribution is -2.59. The molecule has 6 saturated carbocycles. The van der Waals surface area contributed by atoms with E-state index in [0.717, 1.165) is 0 Å². The molecule has 0 amide bonds. The van der Waals surface area contributed by atoms with Gasteiger partial charge in [-0.15, -0.1) is 0 Å². The molecule has 0 aromatic carbocycles. The minimum absolute atomic E-state index is 0.0480. The summed E-state index contributed by atoms with van der Waals surface area (Å²) < 4.78 is 12.2. The van der Waals surface area contributed by atoms with Gasteiger partial charge in [-0.05, 0) is 23.7 Å². The van der Waals surface area contributed by atoms with Crippen molar-refractivity contribution in [1.82, 2.24) is 0 Å². The Kier molecular flexibility index (Phi) is 1.42. The van der Waals surface area contributed by atoms with Gasteiger partial charge in [-0.25, -0.2) is 0 Å². The molecule has 12 atom stereocenters. The van der Waals surface area contributed by atoms with Gasteiger partial charge >= 0.3 is 11.9 Å². The number of ether oxygens (including phenoxy) is 2. The summed E-state index contributed by atoms with van der Waals surface area (Å²) in [5, 5.41) is 0. The number of carbonyl (C=O) groups is 2. The summed E-state index contributed by atoms with van der Waals surface area (Å²) in [5.74, 6) is 2.33. The number of hydrogen-bond donors (Lipinski definition) is 0. The molecule has 8 aliphatic rings. The molecule has 6 heteroatoms. The molecule has 2 saturated heterocycles. The van der Waals surface area contributed by atoms with Gasteiger partial charge in [0.05, 0.1) is 18.7 Å². The molecule has 0 aromatic heterocycles. The quantitative estimate of drug-likeness (QED) is 0.288. The first-order chi connectivity index (χ1) is 9.59. The molecule has 0 aromatic rings. The maximum absolute atomic E-state index is 12.9. The average Bonchev–Trinajstić information content (AvgIpc) is 3.16. The van der Waals surface area contributed by atoms with Gasteiger partial charge in [0.1, 0.15) is 12.2 Å². The Bertz CT molecular complexity index is 610. The van der Waals surface area contributed by atoms with Crippen LogP contribution in [0.4, 0.5) is 0 Å². The van der Waals surface area contributed by atoms with Crippen LogP contribution in [0.5, 0.6) is 0 Å². The van der Waals surface area contributed by atoms with Crippen molar-refractivity contribution >= 4 is 57.1 Å². The molecule has 2 heterocycles. The van der Waals surface area contributed by atoms with Crippen molar-refractivity contribution in [1.29, 1.82) is 0 Å². The highest BCUT2D eigenvalue weighted by Gasteiger charge is 3.05. The van der Waals surface area contributed by atoms with E-state index < -0.39 is 10.8 Å². The number of halogens is 2. The predicted molar refractivity (Wildman–Crippen MR) is 81.2 cm³/mol. The van der Waals surface area contributed by atoms with E-state index in [4.69, 9.17) is 9.47 Å². The summed E-state index contributed by atoms with van der Waals surface area (Å²) in [4.78, 5) is 25.8. The normalized spacial score (nSPS) is 78.9. The lowest BCUT2D eigenvalue weighted by atomic mass is 9.51. The van der Waals surface area contributed by atoms with E-state index in [9.17, 15) is 9.59 Å².